The number of aliphatic hydroxyl groups is 2. The van der Waals surface area contributed by atoms with Crippen molar-refractivity contribution in [1.29, 1.82) is 0 Å². The van der Waals surface area contributed by atoms with E-state index in [-0.39, 0.29) is 41.3 Å². The van der Waals surface area contributed by atoms with Crippen LogP contribution in [-0.2, 0) is 20.6 Å². The van der Waals surface area contributed by atoms with E-state index < -0.39 is 53.5 Å². The first-order valence-corrected chi connectivity index (χ1v) is 10.6. The number of aromatic nitrogens is 2. The van der Waals surface area contributed by atoms with Crippen LogP contribution in [0, 0.1) is 17.0 Å². The Kier molecular flexibility index (Phi) is 8.29. The fourth-order valence-electron chi connectivity index (χ4n) is 3.59. The molecule has 1 fully saturated rings. The standard InChI is InChI=1S/C21H25N3O12/c1-10-8-23(20(28)22-18(10)27)19-17(26)16(25)15(36-19)9-35-21(29)34-5-4-11-6-13(32-2)14(33-3)7-12(11)24(30)31/h6-8,15-17,19,25-26H,4-5,9H2,1-3H3,(H,22,27,28)/t15-,16?,17?,19-/m1/s1. The zero-order valence-corrected chi connectivity index (χ0v) is 19.5. The van der Waals surface area contributed by atoms with Crippen molar-refractivity contribution in [2.24, 2.45) is 0 Å². The van der Waals surface area contributed by atoms with Gasteiger partial charge in [-0.2, -0.15) is 0 Å². The van der Waals surface area contributed by atoms with Crippen molar-refractivity contribution in [3.05, 3.63) is 60.4 Å². The van der Waals surface area contributed by atoms with Crippen molar-refractivity contribution in [2.75, 3.05) is 27.4 Å². The van der Waals surface area contributed by atoms with E-state index in [4.69, 9.17) is 23.7 Å². The number of carbonyl (C=O) groups excluding carboxylic acids is 1. The maximum Gasteiger partial charge on any atom is 0.508 e. The van der Waals surface area contributed by atoms with Crippen molar-refractivity contribution in [1.82, 2.24) is 9.55 Å². The number of hydrogen-bond acceptors (Lipinski definition) is 12. The quantitative estimate of drug-likeness (QED) is 0.227. The average Bonchev–Trinajstić information content (AvgIpc) is 3.12. The van der Waals surface area contributed by atoms with Gasteiger partial charge in [0, 0.05) is 23.7 Å². The van der Waals surface area contributed by atoms with Gasteiger partial charge >= 0.3 is 11.8 Å². The summed E-state index contributed by atoms with van der Waals surface area (Å²) in [6, 6.07) is 2.60. The topological polar surface area (TPSA) is 202 Å². The molecule has 1 aromatic heterocycles. The van der Waals surface area contributed by atoms with Gasteiger partial charge in [-0.05, 0) is 13.0 Å². The number of H-pyrrole nitrogens is 1. The molecule has 1 saturated heterocycles. The smallest absolute Gasteiger partial charge is 0.493 e. The lowest BCUT2D eigenvalue weighted by Crippen LogP contribution is -2.38. The molecule has 0 radical (unpaired) electrons. The molecule has 2 unspecified atom stereocenters. The minimum atomic E-state index is -1.55. The van der Waals surface area contributed by atoms with Crippen LogP contribution in [0.1, 0.15) is 17.4 Å². The van der Waals surface area contributed by atoms with Gasteiger partial charge in [-0.25, -0.2) is 9.59 Å². The van der Waals surface area contributed by atoms with Crippen LogP contribution < -0.4 is 20.7 Å². The summed E-state index contributed by atoms with van der Waals surface area (Å²) in [5.74, 6) is 0.432. The van der Waals surface area contributed by atoms with Gasteiger partial charge < -0.3 is 33.9 Å². The molecule has 1 aliphatic rings. The SMILES string of the molecule is COc1cc(CCOC(=O)OC[C@H]2O[C@@H](n3cc(C)c(=O)[nH]c3=O)C(O)C2O)c([N+](=O)[O-])cc1OC. The number of aromatic amines is 1. The first-order valence-electron chi connectivity index (χ1n) is 10.6. The Morgan fingerprint density at radius 3 is 2.47 bits per heavy atom. The largest absolute Gasteiger partial charge is 0.508 e. The minimum absolute atomic E-state index is 0.0381. The number of nitrogens with one attached hydrogen (secondary N) is 1. The van der Waals surface area contributed by atoms with Gasteiger partial charge in [0.1, 0.15) is 24.9 Å². The average molecular weight is 511 g/mol. The number of hydrogen-bond donors (Lipinski definition) is 3. The number of methoxy groups -OCH3 is 2. The summed E-state index contributed by atoms with van der Waals surface area (Å²) in [5, 5.41) is 31.9. The summed E-state index contributed by atoms with van der Waals surface area (Å²) in [6.45, 7) is 0.640. The van der Waals surface area contributed by atoms with E-state index in [1.807, 2.05) is 0 Å². The van der Waals surface area contributed by atoms with Crippen molar-refractivity contribution in [3.63, 3.8) is 0 Å². The molecule has 3 rings (SSSR count). The van der Waals surface area contributed by atoms with Crippen LogP contribution in [0.5, 0.6) is 11.5 Å². The van der Waals surface area contributed by atoms with E-state index in [9.17, 15) is 34.7 Å². The van der Waals surface area contributed by atoms with Gasteiger partial charge in [0.05, 0.1) is 31.8 Å². The molecular weight excluding hydrogens is 486 g/mol. The summed E-state index contributed by atoms with van der Waals surface area (Å²) in [4.78, 5) is 48.4. The highest BCUT2D eigenvalue weighted by Gasteiger charge is 2.44. The molecule has 15 heteroatoms. The molecule has 1 aliphatic heterocycles. The Morgan fingerprint density at radius 2 is 1.83 bits per heavy atom. The molecule has 0 saturated carbocycles. The normalized spacial score (nSPS) is 21.1. The lowest BCUT2D eigenvalue weighted by atomic mass is 10.1. The molecule has 0 spiro atoms. The highest BCUT2D eigenvalue weighted by atomic mass is 16.7. The molecule has 36 heavy (non-hydrogen) atoms. The molecule has 0 bridgehead atoms. The Labute approximate surface area is 202 Å². The fourth-order valence-corrected chi connectivity index (χ4v) is 3.59. The number of aliphatic hydroxyl groups excluding tert-OH is 2. The molecular formula is C21H25N3O12. The monoisotopic (exact) mass is 511 g/mol. The van der Waals surface area contributed by atoms with Crippen LogP contribution in [0.25, 0.3) is 0 Å². The predicted octanol–water partition coefficient (Wildman–Crippen LogP) is -0.214. The molecule has 2 heterocycles. The number of nitro benzene ring substituents is 1. The fraction of sp³-hybridized carbons (Fsp3) is 0.476. The molecule has 1 aromatic carbocycles. The maximum atomic E-state index is 12.1. The molecule has 4 atom stereocenters. The first-order chi connectivity index (χ1) is 17.1. The van der Waals surface area contributed by atoms with E-state index in [1.54, 1.807) is 0 Å². The molecule has 15 nitrogen and oxygen atoms in total. The summed E-state index contributed by atoms with van der Waals surface area (Å²) in [6.07, 6.45) is -5.62. The summed E-state index contributed by atoms with van der Waals surface area (Å²) >= 11 is 0. The second-order valence-electron chi connectivity index (χ2n) is 7.78. The Morgan fingerprint density at radius 1 is 1.17 bits per heavy atom. The third kappa shape index (κ3) is 5.64. The first kappa shape index (κ1) is 26.7. The van der Waals surface area contributed by atoms with Crippen LogP contribution in [-0.4, -0.2) is 76.6 Å². The third-order valence-corrected chi connectivity index (χ3v) is 5.50. The van der Waals surface area contributed by atoms with E-state index >= 15 is 0 Å². The minimum Gasteiger partial charge on any atom is -0.493 e. The number of carbonyl (C=O) groups is 1. The number of benzene rings is 1. The zero-order chi connectivity index (χ0) is 26.6. The van der Waals surface area contributed by atoms with Crippen LogP contribution in [0.4, 0.5) is 10.5 Å². The van der Waals surface area contributed by atoms with E-state index in [0.717, 1.165) is 4.57 Å². The third-order valence-electron chi connectivity index (χ3n) is 5.50. The summed E-state index contributed by atoms with van der Waals surface area (Å²) < 4.78 is 26.4. The van der Waals surface area contributed by atoms with Gasteiger partial charge in [-0.3, -0.25) is 24.5 Å². The number of rotatable bonds is 9. The van der Waals surface area contributed by atoms with Gasteiger partial charge in [0.25, 0.3) is 11.2 Å². The van der Waals surface area contributed by atoms with Crippen molar-refractivity contribution in [3.8, 4) is 11.5 Å². The van der Waals surface area contributed by atoms with Gasteiger partial charge in [-0.1, -0.05) is 0 Å². The van der Waals surface area contributed by atoms with E-state index in [0.29, 0.717) is 0 Å². The van der Waals surface area contributed by atoms with E-state index in [2.05, 4.69) is 4.98 Å². The Balaban J connectivity index is 1.57. The van der Waals surface area contributed by atoms with Gasteiger partial charge in [0.2, 0.25) is 0 Å². The van der Waals surface area contributed by atoms with Crippen LogP contribution in [0.2, 0.25) is 0 Å². The van der Waals surface area contributed by atoms with Crippen molar-refractivity contribution in [2.45, 2.75) is 37.9 Å². The van der Waals surface area contributed by atoms with Crippen LogP contribution in [0.15, 0.2) is 27.9 Å². The summed E-state index contributed by atoms with van der Waals surface area (Å²) in [7, 11) is 2.71. The molecule has 0 amide bonds. The second-order valence-corrected chi connectivity index (χ2v) is 7.78. The van der Waals surface area contributed by atoms with Crippen molar-refractivity contribution >= 4 is 11.8 Å². The maximum absolute atomic E-state index is 12.1. The van der Waals surface area contributed by atoms with Gasteiger partial charge in [-0.15, -0.1) is 0 Å². The zero-order valence-electron chi connectivity index (χ0n) is 19.5. The number of ether oxygens (including phenoxy) is 5. The molecule has 2 aromatic rings. The highest BCUT2D eigenvalue weighted by molar-refractivity contribution is 5.60. The Bertz CT molecular complexity index is 1240. The summed E-state index contributed by atoms with van der Waals surface area (Å²) in [5.41, 5.74) is -1.30. The second kappa shape index (κ2) is 11.2. The molecule has 196 valence electrons. The van der Waals surface area contributed by atoms with E-state index in [1.165, 1.54) is 39.5 Å². The predicted molar refractivity (Wildman–Crippen MR) is 119 cm³/mol. The number of aryl methyl sites for hydroxylation is 1. The Hall–Kier alpha value is -3.95. The van der Waals surface area contributed by atoms with Gasteiger partial charge in [0.15, 0.2) is 17.7 Å². The number of nitrogens with zero attached hydrogens (tertiary/aromatic N) is 2. The lowest BCUT2D eigenvalue weighted by molar-refractivity contribution is -0.385. The van der Waals surface area contributed by atoms with Crippen LogP contribution in [0.3, 0.4) is 0 Å². The molecule has 3 N–H and O–H groups in total. The number of nitro groups is 1. The van der Waals surface area contributed by atoms with Crippen molar-refractivity contribution < 1.29 is 43.6 Å². The molecule has 0 aliphatic carbocycles. The van der Waals surface area contributed by atoms with Crippen LogP contribution >= 0.6 is 0 Å². The highest BCUT2D eigenvalue weighted by Crippen LogP contribution is 2.34. The lowest BCUT2D eigenvalue weighted by Gasteiger charge is -2.17.